The normalized spacial score (nSPS) is 14.1. The van der Waals surface area contributed by atoms with E-state index in [0.29, 0.717) is 31.6 Å². The number of nitrogens with zero attached hydrogens (tertiary/aromatic N) is 4. The van der Waals surface area contributed by atoms with E-state index in [4.69, 9.17) is 14.5 Å². The monoisotopic (exact) mass is 642 g/mol. The summed E-state index contributed by atoms with van der Waals surface area (Å²) in [6.45, 7) is 6.51. The number of methoxy groups -OCH3 is 1. The number of hydrogen-bond acceptors (Lipinski definition) is 8. The molecule has 3 heterocycles. The van der Waals surface area contributed by atoms with E-state index in [9.17, 15) is 13.6 Å². The molecule has 0 spiro atoms. The van der Waals surface area contributed by atoms with Gasteiger partial charge in [-0.15, -0.1) is 11.3 Å². The Balaban J connectivity index is 1.48. The molecular formula is C32H33F3N4O3S2. The Hall–Kier alpha value is -3.61. The van der Waals surface area contributed by atoms with Crippen LogP contribution in [0.25, 0.3) is 21.7 Å². The number of rotatable bonds is 8. The summed E-state index contributed by atoms with van der Waals surface area (Å²) in [6, 6.07) is 11.8. The highest BCUT2D eigenvalue weighted by atomic mass is 32.2. The van der Waals surface area contributed by atoms with Gasteiger partial charge in [0.2, 0.25) is 0 Å². The van der Waals surface area contributed by atoms with Crippen LogP contribution in [0.15, 0.2) is 65.8 Å². The van der Waals surface area contributed by atoms with E-state index in [1.807, 2.05) is 32.9 Å². The van der Waals surface area contributed by atoms with Gasteiger partial charge in [-0.2, -0.15) is 0 Å². The van der Waals surface area contributed by atoms with Crippen molar-refractivity contribution in [1.29, 1.82) is 0 Å². The van der Waals surface area contributed by atoms with Crippen molar-refractivity contribution in [3.63, 3.8) is 0 Å². The molecule has 2 aromatic heterocycles. The lowest BCUT2D eigenvalue weighted by Crippen LogP contribution is -2.41. The molecule has 0 atom stereocenters. The Morgan fingerprint density at radius 1 is 1.09 bits per heavy atom. The summed E-state index contributed by atoms with van der Waals surface area (Å²) in [6.07, 6.45) is 4.41. The fourth-order valence-corrected chi connectivity index (χ4v) is 7.06. The smallest absolute Gasteiger partial charge is 0.410 e. The van der Waals surface area contributed by atoms with Crippen LogP contribution in [0.5, 0.6) is 0 Å². The van der Waals surface area contributed by atoms with Gasteiger partial charge in [0.15, 0.2) is 5.82 Å². The Morgan fingerprint density at radius 2 is 1.82 bits per heavy atom. The fourth-order valence-electron chi connectivity index (χ4n) is 4.85. The number of anilines is 1. The number of carbonyl (C=O) groups excluding carboxylic acids is 1. The highest BCUT2D eigenvalue weighted by Gasteiger charge is 2.31. The number of ether oxygens (including phenoxy) is 2. The molecule has 0 aliphatic carbocycles. The molecule has 44 heavy (non-hydrogen) atoms. The number of piperidine rings is 1. The Morgan fingerprint density at radius 3 is 2.50 bits per heavy atom. The number of aromatic nitrogens is 2. The number of hydrogen-bond donors (Lipinski definition) is 0. The van der Waals surface area contributed by atoms with E-state index in [2.05, 4.69) is 4.98 Å². The number of carbonyl (C=O) groups is 1. The quantitative estimate of drug-likeness (QED) is 0.141. The molecular weight excluding hydrogens is 610 g/mol. The third kappa shape index (κ3) is 7.36. The summed E-state index contributed by atoms with van der Waals surface area (Å²) in [4.78, 5) is 24.2. The van der Waals surface area contributed by atoms with E-state index in [0.717, 1.165) is 45.6 Å². The molecule has 0 radical (unpaired) electrons. The predicted octanol–water partition coefficient (Wildman–Crippen LogP) is 8.52. The molecule has 0 unspecified atom stereocenters. The maximum absolute atomic E-state index is 16.5. The van der Waals surface area contributed by atoms with E-state index >= 15 is 4.39 Å². The van der Waals surface area contributed by atoms with Gasteiger partial charge < -0.3 is 14.4 Å². The lowest BCUT2D eigenvalue weighted by atomic mass is 9.97. The zero-order valence-corrected chi connectivity index (χ0v) is 26.5. The molecule has 0 N–H and O–H groups in total. The van der Waals surface area contributed by atoms with E-state index in [-0.39, 0.29) is 34.9 Å². The van der Waals surface area contributed by atoms with E-state index in [1.54, 1.807) is 35.5 Å². The van der Waals surface area contributed by atoms with Crippen molar-refractivity contribution in [3.8, 4) is 21.7 Å². The van der Waals surface area contributed by atoms with Gasteiger partial charge in [0.25, 0.3) is 0 Å². The highest BCUT2D eigenvalue weighted by Crippen LogP contribution is 2.44. The maximum atomic E-state index is 16.5. The molecule has 232 valence electrons. The lowest BCUT2D eigenvalue weighted by molar-refractivity contribution is 0.0204. The van der Waals surface area contributed by atoms with Crippen LogP contribution in [-0.2, 0) is 9.47 Å². The van der Waals surface area contributed by atoms with Crippen molar-refractivity contribution in [3.05, 3.63) is 83.4 Å². The summed E-state index contributed by atoms with van der Waals surface area (Å²) in [5.74, 6) is -1.72. The average molecular weight is 643 g/mol. The average Bonchev–Trinajstić information content (AvgIpc) is 3.44. The van der Waals surface area contributed by atoms with Crippen LogP contribution in [0, 0.1) is 17.5 Å². The van der Waals surface area contributed by atoms with Crippen molar-refractivity contribution in [2.75, 3.05) is 31.2 Å². The third-order valence-corrected chi connectivity index (χ3v) is 9.23. The molecule has 2 aromatic carbocycles. The maximum Gasteiger partial charge on any atom is 0.410 e. The third-order valence-electron chi connectivity index (χ3n) is 6.93. The number of halogens is 3. The highest BCUT2D eigenvalue weighted by molar-refractivity contribution is 8.00. The van der Waals surface area contributed by atoms with Gasteiger partial charge in [0.05, 0.1) is 26.2 Å². The fraction of sp³-hybridized carbons (Fsp3) is 0.344. The van der Waals surface area contributed by atoms with Crippen molar-refractivity contribution >= 4 is 35.1 Å². The van der Waals surface area contributed by atoms with Crippen LogP contribution < -0.4 is 4.31 Å². The standard InChI is InChI=1S/C32H33F3N4O3S2/c1-32(2,3)42-31(40)38-16-12-21(13-17-38)30-37-28(29(43-30)20-10-14-36-15-11-20)23-6-5-7-25(27(23)35)39(19-41-4)44-26-18-22(33)8-9-24(26)34/h5-11,14-15,18,21H,12-13,16-17,19H2,1-4H3. The van der Waals surface area contributed by atoms with E-state index in [1.165, 1.54) is 22.8 Å². The van der Waals surface area contributed by atoms with Crippen molar-refractivity contribution < 1.29 is 27.4 Å². The van der Waals surface area contributed by atoms with Crippen LogP contribution in [0.1, 0.15) is 44.5 Å². The number of pyridine rings is 1. The van der Waals surface area contributed by atoms with Crippen LogP contribution in [0.2, 0.25) is 0 Å². The molecule has 0 saturated carbocycles. The number of amides is 1. The summed E-state index contributed by atoms with van der Waals surface area (Å²) in [7, 11) is 1.44. The summed E-state index contributed by atoms with van der Waals surface area (Å²) in [5, 5.41) is 0.852. The first-order valence-corrected chi connectivity index (χ1v) is 15.7. The molecule has 1 saturated heterocycles. The summed E-state index contributed by atoms with van der Waals surface area (Å²) < 4.78 is 57.1. The SMILES string of the molecule is COCN(Sc1cc(F)ccc1F)c1cccc(-c2nc(C3CCN(C(=O)OC(C)(C)C)CC3)sc2-c2ccncc2)c1F. The van der Waals surface area contributed by atoms with Gasteiger partial charge >= 0.3 is 6.09 Å². The molecule has 4 aromatic rings. The molecule has 1 fully saturated rings. The van der Waals surface area contributed by atoms with Gasteiger partial charge in [0, 0.05) is 44.1 Å². The first kappa shape index (κ1) is 31.8. The molecule has 1 amide bonds. The molecule has 5 rings (SSSR count). The number of thiazole rings is 1. The van der Waals surface area contributed by atoms with E-state index < -0.39 is 23.1 Å². The molecule has 7 nitrogen and oxygen atoms in total. The largest absolute Gasteiger partial charge is 0.444 e. The van der Waals surface area contributed by atoms with Crippen LogP contribution in [0.3, 0.4) is 0 Å². The van der Waals surface area contributed by atoms with Gasteiger partial charge in [-0.3, -0.25) is 9.29 Å². The minimum Gasteiger partial charge on any atom is -0.444 e. The van der Waals surface area contributed by atoms with Crippen molar-refractivity contribution in [2.45, 2.75) is 50.0 Å². The second-order valence-corrected chi connectivity index (χ2v) is 13.4. The van der Waals surface area contributed by atoms with Crippen molar-refractivity contribution in [1.82, 2.24) is 14.9 Å². The van der Waals surface area contributed by atoms with Gasteiger partial charge in [-0.1, -0.05) is 6.07 Å². The van der Waals surface area contributed by atoms with Crippen LogP contribution in [0.4, 0.5) is 23.7 Å². The first-order valence-electron chi connectivity index (χ1n) is 14.1. The summed E-state index contributed by atoms with van der Waals surface area (Å²) in [5.41, 5.74) is 1.16. The second kappa shape index (κ2) is 13.6. The zero-order valence-electron chi connectivity index (χ0n) is 24.9. The first-order chi connectivity index (χ1) is 21.0. The minimum absolute atomic E-state index is 0.00186. The molecule has 12 heteroatoms. The predicted molar refractivity (Wildman–Crippen MR) is 167 cm³/mol. The summed E-state index contributed by atoms with van der Waals surface area (Å²) >= 11 is 2.34. The van der Waals surface area contributed by atoms with Gasteiger partial charge in [-0.25, -0.2) is 22.9 Å². The number of likely N-dealkylation sites (tertiary alicyclic amines) is 1. The Labute approximate surface area is 263 Å². The minimum atomic E-state index is -0.629. The Bertz CT molecular complexity index is 1610. The second-order valence-electron chi connectivity index (χ2n) is 11.3. The van der Waals surface area contributed by atoms with Crippen LogP contribution >= 0.6 is 23.3 Å². The van der Waals surface area contributed by atoms with Gasteiger partial charge in [-0.05, 0) is 93.6 Å². The Kier molecular flexibility index (Phi) is 9.81. The van der Waals surface area contributed by atoms with Gasteiger partial charge in [0.1, 0.15) is 24.0 Å². The zero-order chi connectivity index (χ0) is 31.4. The molecule has 0 bridgehead atoms. The molecule has 1 aliphatic rings. The van der Waals surface area contributed by atoms with Crippen LogP contribution in [-0.4, -0.2) is 53.5 Å². The number of benzene rings is 2. The molecule has 1 aliphatic heterocycles. The topological polar surface area (TPSA) is 67.8 Å². The lowest BCUT2D eigenvalue weighted by Gasteiger charge is -2.32. The van der Waals surface area contributed by atoms with Crippen molar-refractivity contribution in [2.24, 2.45) is 0 Å².